The molecule has 5 rings (SSSR count). The van der Waals surface area contributed by atoms with Gasteiger partial charge in [0.15, 0.2) is 5.69 Å². The van der Waals surface area contributed by atoms with Crippen molar-refractivity contribution in [2.75, 3.05) is 18.0 Å². The fraction of sp³-hybridized carbons (Fsp3) is 0.207. The summed E-state index contributed by atoms with van der Waals surface area (Å²) < 4.78 is 5.16. The summed E-state index contributed by atoms with van der Waals surface area (Å²) in [7, 11) is 1.85. The van der Waals surface area contributed by atoms with Gasteiger partial charge in [0.25, 0.3) is 5.56 Å². The topological polar surface area (TPSA) is 80.0 Å². The number of para-hydroxylation sites is 1. The fourth-order valence-electron chi connectivity index (χ4n) is 4.41. The average Bonchev–Trinajstić information content (AvgIpc) is 3.66. The molecule has 3 heterocycles. The summed E-state index contributed by atoms with van der Waals surface area (Å²) in [4.78, 5) is 22.1. The van der Waals surface area contributed by atoms with Crippen molar-refractivity contribution in [1.29, 1.82) is 0 Å². The quantitative estimate of drug-likeness (QED) is 0.247. The second-order valence-corrected chi connectivity index (χ2v) is 10.7. The van der Waals surface area contributed by atoms with E-state index in [1.54, 1.807) is 33.0 Å². The van der Waals surface area contributed by atoms with E-state index in [-0.39, 0.29) is 11.3 Å². The number of aromatic nitrogens is 3. The molecule has 39 heavy (non-hydrogen) atoms. The Bertz CT molecular complexity index is 1740. The molecule has 5 aromatic rings. The lowest BCUT2D eigenvalue weighted by atomic mass is 10.2. The summed E-state index contributed by atoms with van der Waals surface area (Å²) >= 11 is 3.01. The zero-order valence-corrected chi connectivity index (χ0v) is 23.9. The summed E-state index contributed by atoms with van der Waals surface area (Å²) in [6.07, 6.45) is 1.63. The molecule has 0 saturated carbocycles. The fourth-order valence-corrected chi connectivity index (χ4v) is 6.04. The maximum atomic E-state index is 13.5. The minimum atomic E-state index is -0.201. The van der Waals surface area contributed by atoms with Gasteiger partial charge in [0.1, 0.15) is 5.75 Å². The van der Waals surface area contributed by atoms with Gasteiger partial charge in [-0.05, 0) is 56.5 Å². The predicted molar refractivity (Wildman–Crippen MR) is 161 cm³/mol. The molecule has 1 N–H and O–H groups in total. The van der Waals surface area contributed by atoms with Crippen molar-refractivity contribution in [2.45, 2.75) is 20.8 Å². The van der Waals surface area contributed by atoms with E-state index in [0.29, 0.717) is 16.1 Å². The first-order valence-electron chi connectivity index (χ1n) is 12.7. The summed E-state index contributed by atoms with van der Waals surface area (Å²) in [5, 5.41) is 19.5. The molecule has 0 atom stereocenters. The van der Waals surface area contributed by atoms with Crippen LogP contribution in [0.15, 0.2) is 86.3 Å². The van der Waals surface area contributed by atoms with Gasteiger partial charge in [0, 0.05) is 42.8 Å². The van der Waals surface area contributed by atoms with E-state index < -0.39 is 0 Å². The minimum Gasteiger partial charge on any atom is -0.507 e. The third-order valence-corrected chi connectivity index (χ3v) is 8.35. The van der Waals surface area contributed by atoms with Crippen LogP contribution in [0.3, 0.4) is 0 Å². The van der Waals surface area contributed by atoms with Gasteiger partial charge in [-0.15, -0.1) is 22.7 Å². The second kappa shape index (κ2) is 11.3. The normalized spacial score (nSPS) is 12.1. The Morgan fingerprint density at radius 3 is 2.46 bits per heavy atom. The molecule has 3 aromatic heterocycles. The highest BCUT2D eigenvalue weighted by Gasteiger charge is 2.17. The van der Waals surface area contributed by atoms with Crippen molar-refractivity contribution in [3.63, 3.8) is 0 Å². The SMILES string of the molecule is CCN(CC)c1ccc(C=Nn2c(-c3cccs3)csc2=Nc2c(C)n(C)n(-c3ccccc3)c2=O)c(O)c1. The van der Waals surface area contributed by atoms with Gasteiger partial charge < -0.3 is 10.0 Å². The minimum absolute atomic E-state index is 0.153. The Morgan fingerprint density at radius 2 is 1.79 bits per heavy atom. The van der Waals surface area contributed by atoms with Crippen LogP contribution in [0.2, 0.25) is 0 Å². The maximum absolute atomic E-state index is 13.5. The Hall–Kier alpha value is -4.15. The third-order valence-electron chi connectivity index (χ3n) is 6.65. The summed E-state index contributed by atoms with van der Waals surface area (Å²) in [5.41, 5.74) is 4.09. The van der Waals surface area contributed by atoms with E-state index in [1.165, 1.54) is 11.3 Å². The number of aromatic hydroxyl groups is 1. The summed E-state index contributed by atoms with van der Waals surface area (Å²) in [6, 6.07) is 19.1. The second-order valence-electron chi connectivity index (χ2n) is 8.87. The van der Waals surface area contributed by atoms with E-state index in [1.807, 2.05) is 84.0 Å². The van der Waals surface area contributed by atoms with Crippen molar-refractivity contribution >= 4 is 40.3 Å². The van der Waals surface area contributed by atoms with Crippen LogP contribution in [0.4, 0.5) is 11.4 Å². The van der Waals surface area contributed by atoms with Gasteiger partial charge in [-0.3, -0.25) is 9.48 Å². The molecule has 2 aromatic carbocycles. The van der Waals surface area contributed by atoms with Gasteiger partial charge in [0.05, 0.1) is 28.2 Å². The van der Waals surface area contributed by atoms with Gasteiger partial charge in [0.2, 0.25) is 4.80 Å². The first kappa shape index (κ1) is 26.5. The first-order chi connectivity index (χ1) is 18.9. The van der Waals surface area contributed by atoms with E-state index in [9.17, 15) is 9.90 Å². The zero-order valence-electron chi connectivity index (χ0n) is 22.3. The van der Waals surface area contributed by atoms with Crippen LogP contribution in [0.1, 0.15) is 25.1 Å². The molecule has 0 radical (unpaired) electrons. The van der Waals surface area contributed by atoms with E-state index >= 15 is 0 Å². The highest BCUT2D eigenvalue weighted by molar-refractivity contribution is 7.14. The maximum Gasteiger partial charge on any atom is 0.297 e. The van der Waals surface area contributed by atoms with Gasteiger partial charge in [-0.1, -0.05) is 24.3 Å². The van der Waals surface area contributed by atoms with Crippen LogP contribution in [-0.2, 0) is 7.05 Å². The Balaban J connectivity index is 1.62. The van der Waals surface area contributed by atoms with Crippen LogP contribution in [0.5, 0.6) is 5.75 Å². The Labute approximate surface area is 234 Å². The Kier molecular flexibility index (Phi) is 7.67. The number of phenolic OH excluding ortho intramolecular Hbond substituents is 1. The standard InChI is InChI=1S/C29H30N6O2S2/c1-5-33(6-2)23-15-14-21(25(36)17-23)18-30-34-24(26-13-10-16-38-26)19-39-29(34)31-27-20(3)32(4)35(28(27)37)22-11-8-7-9-12-22/h7-19,36H,5-6H2,1-4H3. The highest BCUT2D eigenvalue weighted by atomic mass is 32.1. The first-order valence-corrected chi connectivity index (χ1v) is 14.4. The van der Waals surface area contributed by atoms with Crippen LogP contribution in [0.25, 0.3) is 16.3 Å². The number of rotatable bonds is 8. The number of benzene rings is 2. The molecule has 0 aliphatic carbocycles. The molecule has 0 aliphatic heterocycles. The number of phenols is 1. The van der Waals surface area contributed by atoms with Gasteiger partial charge in [-0.2, -0.15) is 5.10 Å². The molecule has 0 aliphatic rings. The number of nitrogens with zero attached hydrogens (tertiary/aromatic N) is 6. The number of anilines is 1. The van der Waals surface area contributed by atoms with Crippen molar-refractivity contribution < 1.29 is 5.11 Å². The molecule has 0 saturated heterocycles. The number of hydrogen-bond acceptors (Lipinski definition) is 7. The molecule has 8 nitrogen and oxygen atoms in total. The van der Waals surface area contributed by atoms with Gasteiger partial charge >= 0.3 is 0 Å². The lowest BCUT2D eigenvalue weighted by Gasteiger charge is -2.21. The van der Waals surface area contributed by atoms with E-state index in [4.69, 9.17) is 10.1 Å². The molecule has 200 valence electrons. The molecule has 0 spiro atoms. The lowest BCUT2D eigenvalue weighted by Crippen LogP contribution is -2.21. The van der Waals surface area contributed by atoms with Crippen molar-refractivity contribution in [2.24, 2.45) is 17.1 Å². The van der Waals surface area contributed by atoms with E-state index in [0.717, 1.165) is 40.7 Å². The van der Waals surface area contributed by atoms with Crippen LogP contribution >= 0.6 is 22.7 Å². The molecular weight excluding hydrogens is 528 g/mol. The highest BCUT2D eigenvalue weighted by Crippen LogP contribution is 2.27. The van der Waals surface area contributed by atoms with Crippen LogP contribution < -0.4 is 15.3 Å². The smallest absolute Gasteiger partial charge is 0.297 e. The Morgan fingerprint density at radius 1 is 1.03 bits per heavy atom. The van der Waals surface area contributed by atoms with E-state index in [2.05, 4.69) is 18.7 Å². The molecule has 10 heteroatoms. The van der Waals surface area contributed by atoms with Crippen molar-refractivity contribution in [3.8, 4) is 22.0 Å². The summed E-state index contributed by atoms with van der Waals surface area (Å²) in [6.45, 7) is 7.77. The predicted octanol–water partition coefficient (Wildman–Crippen LogP) is 5.74. The summed E-state index contributed by atoms with van der Waals surface area (Å²) in [5.74, 6) is 0.153. The number of thiophene rings is 1. The largest absolute Gasteiger partial charge is 0.507 e. The molecule has 0 unspecified atom stereocenters. The molecule has 0 fully saturated rings. The van der Waals surface area contributed by atoms with Crippen molar-refractivity contribution in [1.82, 2.24) is 14.0 Å². The van der Waals surface area contributed by atoms with Crippen LogP contribution in [-0.4, -0.2) is 38.5 Å². The lowest BCUT2D eigenvalue weighted by molar-refractivity contribution is 0.474. The average molecular weight is 559 g/mol. The third kappa shape index (κ3) is 5.13. The monoisotopic (exact) mass is 558 g/mol. The molecule has 0 amide bonds. The molecule has 0 bridgehead atoms. The van der Waals surface area contributed by atoms with Gasteiger partial charge in [-0.25, -0.2) is 14.4 Å². The zero-order chi connectivity index (χ0) is 27.5. The number of thiazole rings is 1. The number of hydrogen-bond donors (Lipinski definition) is 1. The van der Waals surface area contributed by atoms with Crippen molar-refractivity contribution in [3.05, 3.63) is 97.8 Å². The molecular formula is C29H30N6O2S2. The van der Waals surface area contributed by atoms with Crippen LogP contribution in [0, 0.1) is 6.92 Å².